The Morgan fingerprint density at radius 2 is 1.87 bits per heavy atom. The molecular weight excluding hydrogens is 302 g/mol. The van der Waals surface area contributed by atoms with Crippen LogP contribution in [0, 0.1) is 13.8 Å². The summed E-state index contributed by atoms with van der Waals surface area (Å²) in [4.78, 5) is 16.3. The van der Waals surface area contributed by atoms with Gasteiger partial charge >= 0.3 is 0 Å². The summed E-state index contributed by atoms with van der Waals surface area (Å²) >= 11 is 0. The molecule has 2 aromatic rings. The minimum absolute atomic E-state index is 0.522. The standard InChI is InChI=1S/C16H18F2N4O/c1-10-11(2)22(9-20-10)13-5-3-12(4-6-13)21-14(23)15(19)7-16(17,18)8-15/h3-6,9H,7-8,19H2,1-2H3,(H,21,23). The molecule has 3 N–H and O–H groups in total. The van der Waals surface area contributed by atoms with Gasteiger partial charge in [-0.1, -0.05) is 0 Å². The monoisotopic (exact) mass is 320 g/mol. The summed E-state index contributed by atoms with van der Waals surface area (Å²) in [6, 6.07) is 7.06. The highest BCUT2D eigenvalue weighted by Crippen LogP contribution is 2.44. The number of rotatable bonds is 3. The van der Waals surface area contributed by atoms with Gasteiger partial charge in [0.15, 0.2) is 0 Å². The molecule has 1 saturated carbocycles. The molecule has 0 bridgehead atoms. The Morgan fingerprint density at radius 1 is 1.26 bits per heavy atom. The maximum Gasteiger partial charge on any atom is 0.252 e. The zero-order valence-electron chi connectivity index (χ0n) is 12.9. The number of amides is 1. The maximum atomic E-state index is 12.9. The van der Waals surface area contributed by atoms with Crippen molar-refractivity contribution >= 4 is 11.6 Å². The number of aryl methyl sites for hydroxylation is 1. The van der Waals surface area contributed by atoms with Gasteiger partial charge in [0, 0.05) is 29.9 Å². The van der Waals surface area contributed by atoms with E-state index in [1.165, 1.54) is 0 Å². The first-order chi connectivity index (χ1) is 10.7. The number of hydrogen-bond acceptors (Lipinski definition) is 3. The van der Waals surface area contributed by atoms with Crippen molar-refractivity contribution in [3.63, 3.8) is 0 Å². The van der Waals surface area contributed by atoms with Crippen LogP contribution in [0.4, 0.5) is 14.5 Å². The molecule has 1 aliphatic carbocycles. The van der Waals surface area contributed by atoms with Crippen LogP contribution in [0.15, 0.2) is 30.6 Å². The van der Waals surface area contributed by atoms with Crippen LogP contribution in [-0.4, -0.2) is 26.9 Å². The number of benzene rings is 1. The van der Waals surface area contributed by atoms with Crippen molar-refractivity contribution in [3.05, 3.63) is 42.0 Å². The van der Waals surface area contributed by atoms with Crippen molar-refractivity contribution in [2.24, 2.45) is 5.73 Å². The topological polar surface area (TPSA) is 72.9 Å². The minimum atomic E-state index is -2.84. The van der Waals surface area contributed by atoms with E-state index in [0.29, 0.717) is 5.69 Å². The number of alkyl halides is 2. The highest BCUT2D eigenvalue weighted by atomic mass is 19.3. The Hall–Kier alpha value is -2.28. The van der Waals surface area contributed by atoms with E-state index >= 15 is 0 Å². The lowest BCUT2D eigenvalue weighted by molar-refractivity contribution is -0.151. The molecule has 0 aliphatic heterocycles. The summed E-state index contributed by atoms with van der Waals surface area (Å²) < 4.78 is 27.8. The highest BCUT2D eigenvalue weighted by molar-refractivity contribution is 5.99. The molecule has 23 heavy (non-hydrogen) atoms. The first kappa shape index (κ1) is 15.6. The fourth-order valence-electron chi connectivity index (χ4n) is 2.75. The molecule has 0 atom stereocenters. The lowest BCUT2D eigenvalue weighted by Gasteiger charge is -2.42. The number of aromatic nitrogens is 2. The van der Waals surface area contributed by atoms with Crippen molar-refractivity contribution in [3.8, 4) is 5.69 Å². The summed E-state index contributed by atoms with van der Waals surface area (Å²) in [5, 5.41) is 2.60. The van der Waals surface area contributed by atoms with Crippen molar-refractivity contribution in [1.82, 2.24) is 9.55 Å². The molecule has 1 fully saturated rings. The number of carbonyl (C=O) groups is 1. The summed E-state index contributed by atoms with van der Waals surface area (Å²) in [5.41, 5.74) is 7.62. The molecular formula is C16H18F2N4O. The van der Waals surface area contributed by atoms with Crippen molar-refractivity contribution < 1.29 is 13.6 Å². The van der Waals surface area contributed by atoms with Gasteiger partial charge < -0.3 is 15.6 Å². The van der Waals surface area contributed by atoms with E-state index in [1.54, 1.807) is 18.5 Å². The van der Waals surface area contributed by atoms with Crippen LogP contribution < -0.4 is 11.1 Å². The zero-order valence-corrected chi connectivity index (χ0v) is 12.9. The first-order valence-corrected chi connectivity index (χ1v) is 7.29. The fraction of sp³-hybridized carbons (Fsp3) is 0.375. The Balaban J connectivity index is 1.71. The number of halogens is 2. The van der Waals surface area contributed by atoms with Gasteiger partial charge in [-0.05, 0) is 38.1 Å². The van der Waals surface area contributed by atoms with E-state index in [0.717, 1.165) is 17.1 Å². The van der Waals surface area contributed by atoms with Gasteiger partial charge in [-0.2, -0.15) is 0 Å². The van der Waals surface area contributed by atoms with Gasteiger partial charge in [0.1, 0.15) is 5.54 Å². The average molecular weight is 320 g/mol. The van der Waals surface area contributed by atoms with Crippen molar-refractivity contribution in [2.45, 2.75) is 38.2 Å². The fourth-order valence-corrected chi connectivity index (χ4v) is 2.75. The minimum Gasteiger partial charge on any atom is -0.324 e. The SMILES string of the molecule is Cc1ncn(-c2ccc(NC(=O)C3(N)CC(F)(F)C3)cc2)c1C. The third-order valence-corrected chi connectivity index (χ3v) is 4.26. The summed E-state index contributed by atoms with van der Waals surface area (Å²) in [5.74, 6) is -3.42. The van der Waals surface area contributed by atoms with Gasteiger partial charge in [0.2, 0.25) is 5.91 Å². The average Bonchev–Trinajstić information content (AvgIpc) is 2.78. The number of imidazole rings is 1. The number of anilines is 1. The van der Waals surface area contributed by atoms with Crippen LogP contribution in [-0.2, 0) is 4.79 Å². The molecule has 0 saturated heterocycles. The second-order valence-electron chi connectivity index (χ2n) is 6.15. The van der Waals surface area contributed by atoms with E-state index in [4.69, 9.17) is 5.73 Å². The Bertz CT molecular complexity index is 744. The third kappa shape index (κ3) is 2.84. The molecule has 7 heteroatoms. The first-order valence-electron chi connectivity index (χ1n) is 7.29. The second-order valence-corrected chi connectivity index (χ2v) is 6.15. The third-order valence-electron chi connectivity index (χ3n) is 4.26. The van der Waals surface area contributed by atoms with Gasteiger partial charge in [0.05, 0.1) is 12.0 Å². The molecule has 1 heterocycles. The predicted octanol–water partition coefficient (Wildman–Crippen LogP) is 2.55. The molecule has 1 amide bonds. The van der Waals surface area contributed by atoms with Gasteiger partial charge in [-0.15, -0.1) is 0 Å². The number of hydrogen-bond donors (Lipinski definition) is 2. The van der Waals surface area contributed by atoms with Crippen molar-refractivity contribution in [1.29, 1.82) is 0 Å². The molecule has 5 nitrogen and oxygen atoms in total. The quantitative estimate of drug-likeness (QED) is 0.913. The van der Waals surface area contributed by atoms with E-state index in [-0.39, 0.29) is 0 Å². The van der Waals surface area contributed by atoms with E-state index in [2.05, 4.69) is 10.3 Å². The highest BCUT2D eigenvalue weighted by Gasteiger charge is 2.58. The smallest absolute Gasteiger partial charge is 0.252 e. The molecule has 122 valence electrons. The normalized spacial score (nSPS) is 18.3. The Labute approximate surface area is 132 Å². The summed E-state index contributed by atoms with van der Waals surface area (Å²) in [6.07, 6.45) is 0.498. The largest absolute Gasteiger partial charge is 0.324 e. The second kappa shape index (κ2) is 5.13. The lowest BCUT2D eigenvalue weighted by Crippen LogP contribution is -2.64. The van der Waals surface area contributed by atoms with Gasteiger partial charge in [0.25, 0.3) is 5.92 Å². The summed E-state index contributed by atoms with van der Waals surface area (Å²) in [6.45, 7) is 3.89. The van der Waals surface area contributed by atoms with Crippen LogP contribution in [0.25, 0.3) is 5.69 Å². The van der Waals surface area contributed by atoms with E-state index < -0.39 is 30.2 Å². The Morgan fingerprint density at radius 3 is 2.35 bits per heavy atom. The molecule has 1 aliphatic rings. The van der Waals surface area contributed by atoms with Crippen molar-refractivity contribution in [2.75, 3.05) is 5.32 Å². The van der Waals surface area contributed by atoms with E-state index in [1.807, 2.05) is 30.5 Å². The Kier molecular flexibility index (Phi) is 3.48. The maximum absolute atomic E-state index is 12.9. The van der Waals surface area contributed by atoms with Crippen LogP contribution in [0.2, 0.25) is 0 Å². The van der Waals surface area contributed by atoms with Crippen LogP contribution in [0.3, 0.4) is 0 Å². The number of nitrogens with zero attached hydrogens (tertiary/aromatic N) is 2. The summed E-state index contributed by atoms with van der Waals surface area (Å²) in [7, 11) is 0. The molecule has 1 aromatic carbocycles. The lowest BCUT2D eigenvalue weighted by atomic mass is 9.73. The number of carbonyl (C=O) groups excluding carboxylic acids is 1. The zero-order chi connectivity index (χ0) is 16.8. The molecule has 1 aromatic heterocycles. The van der Waals surface area contributed by atoms with Gasteiger partial charge in [-0.3, -0.25) is 4.79 Å². The molecule has 3 rings (SSSR count). The number of nitrogens with two attached hydrogens (primary N) is 1. The van der Waals surface area contributed by atoms with Crippen LogP contribution >= 0.6 is 0 Å². The van der Waals surface area contributed by atoms with Crippen LogP contribution in [0.5, 0.6) is 0 Å². The predicted molar refractivity (Wildman–Crippen MR) is 82.8 cm³/mol. The molecule has 0 unspecified atom stereocenters. The number of nitrogens with one attached hydrogen (secondary N) is 1. The van der Waals surface area contributed by atoms with Gasteiger partial charge in [-0.25, -0.2) is 13.8 Å². The molecule has 0 radical (unpaired) electrons. The van der Waals surface area contributed by atoms with E-state index in [9.17, 15) is 13.6 Å². The molecule has 0 spiro atoms. The van der Waals surface area contributed by atoms with Crippen LogP contribution in [0.1, 0.15) is 24.2 Å².